The van der Waals surface area contributed by atoms with E-state index >= 15 is 0 Å². The number of aromatic nitrogens is 1. The first-order valence-corrected chi connectivity index (χ1v) is 7.75. The van der Waals surface area contributed by atoms with E-state index in [1.54, 1.807) is 6.26 Å². The van der Waals surface area contributed by atoms with E-state index < -0.39 is 0 Å². The summed E-state index contributed by atoms with van der Waals surface area (Å²) >= 11 is 0. The molecule has 2 rings (SSSR count). The number of rotatable bonds is 6. The van der Waals surface area contributed by atoms with Crippen LogP contribution in [-0.4, -0.2) is 17.7 Å². The number of hydrogen-bond donors (Lipinski definition) is 2. The molecule has 0 aliphatic carbocycles. The van der Waals surface area contributed by atoms with Gasteiger partial charge in [-0.3, -0.25) is 0 Å². The van der Waals surface area contributed by atoms with Gasteiger partial charge in [0.05, 0.1) is 12.6 Å². The Bertz CT molecular complexity index is 575. The molecule has 0 amide bonds. The molecule has 2 aromatic rings. The predicted octanol–water partition coefficient (Wildman–Crippen LogP) is 3.05. The second kappa shape index (κ2) is 8.22. The van der Waals surface area contributed by atoms with Crippen molar-refractivity contribution in [3.05, 3.63) is 53.4 Å². The van der Waals surface area contributed by atoms with Crippen LogP contribution >= 0.6 is 0 Å². The maximum atomic E-state index is 4.82. The predicted molar refractivity (Wildman–Crippen MR) is 88.7 cm³/mol. The fraction of sp³-hybridized carbons (Fsp3) is 0.412. The average molecular weight is 300 g/mol. The summed E-state index contributed by atoms with van der Waals surface area (Å²) in [5.74, 6) is 0.776. The molecule has 0 spiro atoms. The van der Waals surface area contributed by atoms with Crippen LogP contribution in [0.25, 0.3) is 0 Å². The number of aliphatic imine (C=N–C) groups is 1. The van der Waals surface area contributed by atoms with Crippen molar-refractivity contribution in [3.63, 3.8) is 0 Å². The highest BCUT2D eigenvalue weighted by molar-refractivity contribution is 5.80. The quantitative estimate of drug-likeness (QED) is 0.636. The third kappa shape index (κ3) is 4.62. The van der Waals surface area contributed by atoms with E-state index in [-0.39, 0.29) is 6.04 Å². The summed E-state index contributed by atoms with van der Waals surface area (Å²) in [6.07, 6.45) is 2.62. The van der Waals surface area contributed by atoms with Gasteiger partial charge in [0, 0.05) is 12.6 Å². The molecule has 0 radical (unpaired) electrons. The van der Waals surface area contributed by atoms with Gasteiger partial charge in [-0.25, -0.2) is 4.99 Å². The standard InChI is InChI=1S/C17H24N4O/c1-4-14-6-8-15(9-7-14)13(3)20-17(18-5-2)19-12-16-10-11-22-21-16/h6-11,13H,4-5,12H2,1-3H3,(H2,18,19,20). The van der Waals surface area contributed by atoms with E-state index in [9.17, 15) is 0 Å². The normalized spacial score (nSPS) is 13.0. The fourth-order valence-electron chi connectivity index (χ4n) is 2.13. The Morgan fingerprint density at radius 2 is 2.00 bits per heavy atom. The number of nitrogens with zero attached hydrogens (tertiary/aromatic N) is 2. The number of benzene rings is 1. The molecule has 0 bridgehead atoms. The molecule has 118 valence electrons. The van der Waals surface area contributed by atoms with Crippen LogP contribution in [0.3, 0.4) is 0 Å². The summed E-state index contributed by atoms with van der Waals surface area (Å²) in [4.78, 5) is 4.53. The van der Waals surface area contributed by atoms with Crippen LogP contribution in [0.2, 0.25) is 0 Å². The molecule has 1 atom stereocenters. The van der Waals surface area contributed by atoms with Crippen LogP contribution in [0.5, 0.6) is 0 Å². The molecule has 0 fully saturated rings. The van der Waals surface area contributed by atoms with Crippen LogP contribution in [0.15, 0.2) is 46.1 Å². The van der Waals surface area contributed by atoms with E-state index in [0.717, 1.165) is 24.6 Å². The lowest BCUT2D eigenvalue weighted by atomic mass is 10.1. The van der Waals surface area contributed by atoms with Crippen molar-refractivity contribution in [2.24, 2.45) is 4.99 Å². The van der Waals surface area contributed by atoms with Crippen molar-refractivity contribution in [1.82, 2.24) is 15.8 Å². The van der Waals surface area contributed by atoms with Gasteiger partial charge in [-0.05, 0) is 31.4 Å². The summed E-state index contributed by atoms with van der Waals surface area (Å²) in [7, 11) is 0. The molecule has 0 saturated carbocycles. The smallest absolute Gasteiger partial charge is 0.192 e. The SMILES string of the molecule is CCNC(=NCc1ccon1)NC(C)c1ccc(CC)cc1. The van der Waals surface area contributed by atoms with Crippen molar-refractivity contribution in [2.75, 3.05) is 6.54 Å². The summed E-state index contributed by atoms with van der Waals surface area (Å²) in [5, 5.41) is 10.5. The van der Waals surface area contributed by atoms with E-state index in [1.165, 1.54) is 11.1 Å². The molecule has 1 heterocycles. The molecule has 0 aliphatic rings. The molecule has 2 N–H and O–H groups in total. The van der Waals surface area contributed by atoms with E-state index in [2.05, 4.69) is 58.9 Å². The van der Waals surface area contributed by atoms with Gasteiger partial charge in [0.1, 0.15) is 12.0 Å². The van der Waals surface area contributed by atoms with Gasteiger partial charge >= 0.3 is 0 Å². The number of guanidine groups is 1. The third-order valence-electron chi connectivity index (χ3n) is 3.48. The van der Waals surface area contributed by atoms with Crippen molar-refractivity contribution in [2.45, 2.75) is 39.8 Å². The minimum atomic E-state index is 0.181. The van der Waals surface area contributed by atoms with Crippen LogP contribution in [0.1, 0.15) is 43.6 Å². The van der Waals surface area contributed by atoms with Crippen LogP contribution in [-0.2, 0) is 13.0 Å². The first-order valence-electron chi connectivity index (χ1n) is 7.75. The van der Waals surface area contributed by atoms with E-state index in [1.807, 2.05) is 13.0 Å². The fourth-order valence-corrected chi connectivity index (χ4v) is 2.13. The second-order valence-electron chi connectivity index (χ2n) is 5.15. The molecular weight excluding hydrogens is 276 g/mol. The average Bonchev–Trinajstić information content (AvgIpc) is 3.06. The van der Waals surface area contributed by atoms with Gasteiger partial charge in [0.15, 0.2) is 5.96 Å². The van der Waals surface area contributed by atoms with Crippen LogP contribution < -0.4 is 10.6 Å². The minimum absolute atomic E-state index is 0.181. The maximum Gasteiger partial charge on any atom is 0.192 e. The van der Waals surface area contributed by atoms with Crippen LogP contribution in [0.4, 0.5) is 0 Å². The Morgan fingerprint density at radius 1 is 1.23 bits per heavy atom. The lowest BCUT2D eigenvalue weighted by molar-refractivity contribution is 0.412. The summed E-state index contributed by atoms with van der Waals surface area (Å²) in [5.41, 5.74) is 3.41. The van der Waals surface area contributed by atoms with Crippen molar-refractivity contribution in [3.8, 4) is 0 Å². The van der Waals surface area contributed by atoms with E-state index in [0.29, 0.717) is 6.54 Å². The molecule has 1 aromatic carbocycles. The Morgan fingerprint density at radius 3 is 2.59 bits per heavy atom. The van der Waals surface area contributed by atoms with Crippen molar-refractivity contribution in [1.29, 1.82) is 0 Å². The van der Waals surface area contributed by atoms with Gasteiger partial charge in [0.25, 0.3) is 0 Å². The zero-order valence-corrected chi connectivity index (χ0v) is 13.5. The van der Waals surface area contributed by atoms with Crippen molar-refractivity contribution < 1.29 is 4.52 Å². The highest BCUT2D eigenvalue weighted by Gasteiger charge is 2.08. The molecular formula is C17H24N4O. The maximum absolute atomic E-state index is 4.82. The summed E-state index contributed by atoms with van der Waals surface area (Å²) in [6, 6.07) is 10.7. The zero-order chi connectivity index (χ0) is 15.8. The minimum Gasteiger partial charge on any atom is -0.364 e. The summed E-state index contributed by atoms with van der Waals surface area (Å²) < 4.78 is 4.82. The van der Waals surface area contributed by atoms with Gasteiger partial charge in [0.2, 0.25) is 0 Å². The van der Waals surface area contributed by atoms with Gasteiger partial charge in [-0.1, -0.05) is 36.3 Å². The Labute approximate surface area is 131 Å². The first-order chi connectivity index (χ1) is 10.7. The third-order valence-corrected chi connectivity index (χ3v) is 3.48. The Hall–Kier alpha value is -2.30. The molecule has 5 heteroatoms. The zero-order valence-electron chi connectivity index (χ0n) is 13.5. The second-order valence-corrected chi connectivity index (χ2v) is 5.15. The summed E-state index contributed by atoms with van der Waals surface area (Å²) in [6.45, 7) is 7.65. The topological polar surface area (TPSA) is 62.5 Å². The lowest BCUT2D eigenvalue weighted by Gasteiger charge is -2.18. The molecule has 1 unspecified atom stereocenters. The van der Waals surface area contributed by atoms with Gasteiger partial charge in [-0.2, -0.15) is 0 Å². The monoisotopic (exact) mass is 300 g/mol. The largest absolute Gasteiger partial charge is 0.364 e. The molecule has 0 saturated heterocycles. The van der Waals surface area contributed by atoms with Crippen LogP contribution in [0, 0.1) is 0 Å². The van der Waals surface area contributed by atoms with Gasteiger partial charge < -0.3 is 15.2 Å². The van der Waals surface area contributed by atoms with Crippen molar-refractivity contribution >= 4 is 5.96 Å². The number of hydrogen-bond acceptors (Lipinski definition) is 3. The van der Waals surface area contributed by atoms with Gasteiger partial charge in [-0.15, -0.1) is 0 Å². The Kier molecular flexibility index (Phi) is 6.01. The highest BCUT2D eigenvalue weighted by Crippen LogP contribution is 2.13. The Balaban J connectivity index is 2.00. The number of aryl methyl sites for hydroxylation is 1. The lowest BCUT2D eigenvalue weighted by Crippen LogP contribution is -2.38. The van der Waals surface area contributed by atoms with E-state index in [4.69, 9.17) is 4.52 Å². The highest BCUT2D eigenvalue weighted by atomic mass is 16.5. The molecule has 1 aromatic heterocycles. The number of nitrogens with one attached hydrogen (secondary N) is 2. The molecule has 22 heavy (non-hydrogen) atoms. The molecule has 0 aliphatic heterocycles. The molecule has 5 nitrogen and oxygen atoms in total. The first kappa shape index (κ1) is 16.1.